The van der Waals surface area contributed by atoms with Gasteiger partial charge in [-0.1, -0.05) is 12.1 Å². The maximum absolute atomic E-state index is 14.5. The monoisotopic (exact) mass is 414 g/mol. The summed E-state index contributed by atoms with van der Waals surface area (Å²) >= 11 is 0. The van der Waals surface area contributed by atoms with E-state index in [9.17, 15) is 19.1 Å². The Labute approximate surface area is 171 Å². The third-order valence-corrected chi connectivity index (χ3v) is 4.43. The van der Waals surface area contributed by atoms with E-state index in [2.05, 4.69) is 9.84 Å². The minimum Gasteiger partial charge on any atom is -0.497 e. The highest BCUT2D eigenvalue weighted by molar-refractivity contribution is 6.12. The van der Waals surface area contributed by atoms with Crippen molar-refractivity contribution in [2.45, 2.75) is 6.42 Å². The van der Waals surface area contributed by atoms with E-state index in [-0.39, 0.29) is 22.6 Å². The van der Waals surface area contributed by atoms with Crippen molar-refractivity contribution in [1.82, 2.24) is 9.78 Å². The van der Waals surface area contributed by atoms with E-state index in [0.717, 1.165) is 10.7 Å². The van der Waals surface area contributed by atoms with Crippen LogP contribution in [0.25, 0.3) is 5.69 Å². The Hall–Kier alpha value is -3.88. The molecule has 3 rings (SSSR count). The van der Waals surface area contributed by atoms with Crippen LogP contribution >= 0.6 is 0 Å². The van der Waals surface area contributed by atoms with Gasteiger partial charge in [-0.05, 0) is 24.3 Å². The summed E-state index contributed by atoms with van der Waals surface area (Å²) < 4.78 is 30.4. The maximum atomic E-state index is 14.5. The summed E-state index contributed by atoms with van der Waals surface area (Å²) in [6.45, 7) is 0. The molecule has 0 saturated heterocycles. The molecule has 0 unspecified atom stereocenters. The predicted molar refractivity (Wildman–Crippen MR) is 104 cm³/mol. The molecule has 2 aromatic carbocycles. The van der Waals surface area contributed by atoms with Crippen LogP contribution in [0.4, 0.5) is 4.39 Å². The first-order valence-electron chi connectivity index (χ1n) is 8.80. The van der Waals surface area contributed by atoms with Gasteiger partial charge in [-0.25, -0.2) is 4.39 Å². The molecule has 0 spiro atoms. The van der Waals surface area contributed by atoms with Crippen molar-refractivity contribution in [3.8, 4) is 23.1 Å². The summed E-state index contributed by atoms with van der Waals surface area (Å²) in [5, 5.41) is 15.0. The molecule has 0 amide bonds. The molecule has 0 aliphatic carbocycles. The number of methoxy groups -OCH3 is 3. The highest BCUT2D eigenvalue weighted by atomic mass is 19.1. The number of esters is 1. The lowest BCUT2D eigenvalue weighted by Crippen LogP contribution is -2.11. The van der Waals surface area contributed by atoms with Gasteiger partial charge in [0.15, 0.2) is 0 Å². The van der Waals surface area contributed by atoms with Gasteiger partial charge >= 0.3 is 5.97 Å². The Morgan fingerprint density at radius 2 is 1.83 bits per heavy atom. The molecule has 156 valence electrons. The quantitative estimate of drug-likeness (QED) is 0.469. The zero-order chi connectivity index (χ0) is 21.8. The van der Waals surface area contributed by atoms with Crippen LogP contribution in [0.2, 0.25) is 0 Å². The summed E-state index contributed by atoms with van der Waals surface area (Å²) in [6, 6.07) is 10.3. The van der Waals surface area contributed by atoms with Crippen molar-refractivity contribution in [1.29, 1.82) is 0 Å². The molecular formula is C21H19FN2O6. The lowest BCUT2D eigenvalue weighted by atomic mass is 10.0. The predicted octanol–water partition coefficient (Wildman–Crippen LogP) is 2.68. The maximum Gasteiger partial charge on any atom is 0.311 e. The van der Waals surface area contributed by atoms with Crippen molar-refractivity contribution in [3.05, 3.63) is 65.1 Å². The minimum atomic E-state index is -0.840. The first-order valence-corrected chi connectivity index (χ1v) is 8.80. The molecule has 0 atom stereocenters. The van der Waals surface area contributed by atoms with E-state index in [1.54, 1.807) is 24.3 Å². The molecule has 0 aliphatic heterocycles. The number of aromatic hydroxyl groups is 1. The van der Waals surface area contributed by atoms with Crippen LogP contribution in [0.5, 0.6) is 17.4 Å². The SMILES string of the molecule is COC(=O)Cc1nn(-c2ccccc2OC)c(O)c1C(=O)c1ccc(OC)cc1F. The Balaban J connectivity index is 2.18. The number of halogens is 1. The molecule has 1 N–H and O–H groups in total. The molecule has 9 heteroatoms. The van der Waals surface area contributed by atoms with Gasteiger partial charge in [-0.2, -0.15) is 9.78 Å². The summed E-state index contributed by atoms with van der Waals surface area (Å²) in [6.07, 6.45) is -0.398. The second-order valence-electron chi connectivity index (χ2n) is 6.16. The van der Waals surface area contributed by atoms with Crippen LogP contribution in [0.15, 0.2) is 42.5 Å². The average Bonchev–Trinajstić information content (AvgIpc) is 3.08. The zero-order valence-electron chi connectivity index (χ0n) is 16.5. The molecule has 30 heavy (non-hydrogen) atoms. The normalized spacial score (nSPS) is 10.5. The van der Waals surface area contributed by atoms with Crippen LogP contribution in [-0.4, -0.2) is 48.0 Å². The van der Waals surface area contributed by atoms with Crippen molar-refractivity contribution in [3.63, 3.8) is 0 Å². The number of para-hydroxylation sites is 2. The summed E-state index contributed by atoms with van der Waals surface area (Å²) in [5.74, 6) is -2.31. The molecule has 3 aromatic rings. The van der Waals surface area contributed by atoms with Gasteiger partial charge in [-0.3, -0.25) is 9.59 Å². The summed E-state index contributed by atoms with van der Waals surface area (Å²) in [7, 11) is 3.99. The first kappa shape index (κ1) is 20.8. The molecule has 1 aromatic heterocycles. The average molecular weight is 414 g/mol. The van der Waals surface area contributed by atoms with Crippen LogP contribution < -0.4 is 9.47 Å². The van der Waals surface area contributed by atoms with Crippen molar-refractivity contribution in [2.75, 3.05) is 21.3 Å². The number of hydrogen-bond donors (Lipinski definition) is 1. The number of ketones is 1. The fourth-order valence-corrected chi connectivity index (χ4v) is 2.93. The van der Waals surface area contributed by atoms with E-state index < -0.39 is 29.9 Å². The number of carbonyl (C=O) groups is 2. The lowest BCUT2D eigenvalue weighted by molar-refractivity contribution is -0.139. The highest BCUT2D eigenvalue weighted by Crippen LogP contribution is 2.32. The van der Waals surface area contributed by atoms with Crippen LogP contribution in [0.3, 0.4) is 0 Å². The molecule has 0 radical (unpaired) electrons. The molecule has 0 fully saturated rings. The van der Waals surface area contributed by atoms with Crippen LogP contribution in [0, 0.1) is 5.82 Å². The molecular weight excluding hydrogens is 395 g/mol. The number of carbonyl (C=O) groups excluding carboxylic acids is 2. The number of hydrogen-bond acceptors (Lipinski definition) is 7. The van der Waals surface area contributed by atoms with E-state index >= 15 is 0 Å². The summed E-state index contributed by atoms with van der Waals surface area (Å²) in [5.41, 5.74) is -0.351. The van der Waals surface area contributed by atoms with Gasteiger partial charge in [0.25, 0.3) is 0 Å². The lowest BCUT2D eigenvalue weighted by Gasteiger charge is -2.09. The van der Waals surface area contributed by atoms with Gasteiger partial charge in [0.2, 0.25) is 11.7 Å². The highest BCUT2D eigenvalue weighted by Gasteiger charge is 2.29. The van der Waals surface area contributed by atoms with E-state index in [1.165, 1.54) is 33.5 Å². The van der Waals surface area contributed by atoms with Crippen LogP contribution in [-0.2, 0) is 16.0 Å². The third-order valence-electron chi connectivity index (χ3n) is 4.43. The minimum absolute atomic E-state index is 0.0644. The molecule has 1 heterocycles. The van der Waals surface area contributed by atoms with E-state index in [0.29, 0.717) is 11.4 Å². The van der Waals surface area contributed by atoms with E-state index in [1.807, 2.05) is 0 Å². The van der Waals surface area contributed by atoms with Crippen molar-refractivity contribution in [2.24, 2.45) is 0 Å². The molecule has 0 bridgehead atoms. The van der Waals surface area contributed by atoms with Gasteiger partial charge < -0.3 is 19.3 Å². The summed E-state index contributed by atoms with van der Waals surface area (Å²) in [4.78, 5) is 24.9. The first-order chi connectivity index (χ1) is 14.4. The Morgan fingerprint density at radius 1 is 1.10 bits per heavy atom. The van der Waals surface area contributed by atoms with Crippen molar-refractivity contribution >= 4 is 11.8 Å². The Kier molecular flexibility index (Phi) is 6.01. The number of ether oxygens (including phenoxy) is 3. The zero-order valence-corrected chi connectivity index (χ0v) is 16.5. The smallest absolute Gasteiger partial charge is 0.311 e. The van der Waals surface area contributed by atoms with Gasteiger partial charge in [-0.15, -0.1) is 0 Å². The van der Waals surface area contributed by atoms with Gasteiger partial charge in [0.1, 0.15) is 28.6 Å². The topological polar surface area (TPSA) is 99.9 Å². The van der Waals surface area contributed by atoms with Crippen molar-refractivity contribution < 1.29 is 33.3 Å². The van der Waals surface area contributed by atoms with Gasteiger partial charge in [0, 0.05) is 6.07 Å². The Bertz CT molecular complexity index is 1110. The molecule has 8 nitrogen and oxygen atoms in total. The molecule has 0 saturated carbocycles. The fourth-order valence-electron chi connectivity index (χ4n) is 2.93. The molecule has 0 aliphatic rings. The fraction of sp³-hybridized carbons (Fsp3) is 0.190. The number of aromatic nitrogens is 2. The number of benzene rings is 2. The van der Waals surface area contributed by atoms with Crippen LogP contribution in [0.1, 0.15) is 21.6 Å². The number of rotatable bonds is 7. The number of nitrogens with zero attached hydrogens (tertiary/aromatic N) is 2. The Morgan fingerprint density at radius 3 is 2.47 bits per heavy atom. The largest absolute Gasteiger partial charge is 0.497 e. The van der Waals surface area contributed by atoms with E-state index in [4.69, 9.17) is 9.47 Å². The third kappa shape index (κ3) is 3.82. The second-order valence-corrected chi connectivity index (χ2v) is 6.16. The second kappa shape index (κ2) is 8.64. The standard InChI is InChI=1S/C21H19FN2O6/c1-28-12-8-9-13(14(22)10-12)20(26)19-15(11-18(25)30-3)23-24(21(19)27)16-6-4-5-7-17(16)29-2/h4-10,27H,11H2,1-3H3. The van der Waals surface area contributed by atoms with Gasteiger partial charge in [0.05, 0.1) is 39.0 Å².